The predicted octanol–water partition coefficient (Wildman–Crippen LogP) is 2.37. The molecule has 2 heterocycles. The smallest absolute Gasteiger partial charge is 0.354 e. The van der Waals surface area contributed by atoms with Gasteiger partial charge in [0, 0.05) is 23.5 Å². The fourth-order valence-electron chi connectivity index (χ4n) is 2.69. The second-order valence-electron chi connectivity index (χ2n) is 5.09. The number of carboxylic acids is 1. The van der Waals surface area contributed by atoms with Gasteiger partial charge in [-0.2, -0.15) is 0 Å². The lowest BCUT2D eigenvalue weighted by Gasteiger charge is -2.22. The average molecular weight is 282 g/mol. The van der Waals surface area contributed by atoms with Crippen molar-refractivity contribution in [1.29, 1.82) is 0 Å². The Labute approximate surface area is 121 Å². The quantitative estimate of drug-likeness (QED) is 0.918. The van der Waals surface area contributed by atoms with Gasteiger partial charge < -0.3 is 10.0 Å². The number of pyridine rings is 1. The number of aromatic nitrogens is 1. The van der Waals surface area contributed by atoms with E-state index < -0.39 is 5.97 Å². The van der Waals surface area contributed by atoms with Crippen LogP contribution in [0.25, 0.3) is 0 Å². The molecule has 3 rings (SSSR count). The van der Waals surface area contributed by atoms with Gasteiger partial charge in [0.2, 0.25) is 0 Å². The maximum absolute atomic E-state index is 12.7. The first kappa shape index (κ1) is 13.3. The van der Waals surface area contributed by atoms with Crippen molar-refractivity contribution in [3.05, 3.63) is 59.4 Å². The van der Waals surface area contributed by atoms with Crippen LogP contribution in [0.15, 0.2) is 42.6 Å². The molecule has 5 nitrogen and oxygen atoms in total. The molecule has 1 N–H and O–H groups in total. The highest BCUT2D eigenvalue weighted by molar-refractivity contribution is 6.08. The molecule has 1 atom stereocenters. The number of hydrogen-bond acceptors (Lipinski definition) is 3. The summed E-state index contributed by atoms with van der Waals surface area (Å²) in [5, 5.41) is 8.98. The van der Waals surface area contributed by atoms with Crippen LogP contribution >= 0.6 is 0 Å². The van der Waals surface area contributed by atoms with E-state index in [1.54, 1.807) is 11.0 Å². The summed E-state index contributed by atoms with van der Waals surface area (Å²) in [5.41, 5.74) is 2.24. The molecule has 1 aromatic heterocycles. The van der Waals surface area contributed by atoms with Crippen LogP contribution in [0.2, 0.25) is 0 Å². The lowest BCUT2D eigenvalue weighted by Crippen LogP contribution is -2.35. The van der Waals surface area contributed by atoms with Gasteiger partial charge in [0.15, 0.2) is 0 Å². The topological polar surface area (TPSA) is 70.5 Å². The lowest BCUT2D eigenvalue weighted by molar-refractivity contribution is 0.0690. The van der Waals surface area contributed by atoms with Crippen LogP contribution in [0.1, 0.15) is 33.3 Å². The van der Waals surface area contributed by atoms with E-state index in [-0.39, 0.29) is 17.6 Å². The first-order valence-corrected chi connectivity index (χ1v) is 6.68. The zero-order valence-electron chi connectivity index (χ0n) is 11.5. The number of benzene rings is 1. The number of carboxylic acid groups (broad SMARTS) is 1. The summed E-state index contributed by atoms with van der Waals surface area (Å²) in [6, 6.07) is 10.7. The van der Waals surface area contributed by atoms with E-state index in [0.29, 0.717) is 5.56 Å². The highest BCUT2D eigenvalue weighted by atomic mass is 16.4. The normalized spacial score (nSPS) is 16.6. The summed E-state index contributed by atoms with van der Waals surface area (Å²) in [4.78, 5) is 29.1. The van der Waals surface area contributed by atoms with Crippen LogP contribution in [0.4, 0.5) is 5.69 Å². The lowest BCUT2D eigenvalue weighted by atomic mass is 10.1. The Hall–Kier alpha value is -2.69. The Bertz CT molecular complexity index is 727. The summed E-state index contributed by atoms with van der Waals surface area (Å²) < 4.78 is 0. The minimum Gasteiger partial charge on any atom is -0.477 e. The molecule has 1 amide bonds. The number of aromatic carboxylic acids is 1. The number of nitrogens with zero attached hydrogens (tertiary/aromatic N) is 2. The molecule has 1 aromatic carbocycles. The first-order valence-electron chi connectivity index (χ1n) is 6.68. The number of rotatable bonds is 2. The Kier molecular flexibility index (Phi) is 3.17. The molecule has 0 aliphatic carbocycles. The van der Waals surface area contributed by atoms with E-state index in [0.717, 1.165) is 17.7 Å². The molecule has 0 radical (unpaired) electrons. The van der Waals surface area contributed by atoms with E-state index in [4.69, 9.17) is 5.11 Å². The van der Waals surface area contributed by atoms with Gasteiger partial charge in [-0.15, -0.1) is 0 Å². The molecule has 0 saturated carbocycles. The van der Waals surface area contributed by atoms with E-state index in [1.807, 2.05) is 31.2 Å². The molecular weight excluding hydrogens is 268 g/mol. The van der Waals surface area contributed by atoms with Crippen molar-refractivity contribution in [3.63, 3.8) is 0 Å². The first-order chi connectivity index (χ1) is 10.1. The molecule has 1 aliphatic rings. The second-order valence-corrected chi connectivity index (χ2v) is 5.09. The molecule has 1 aliphatic heterocycles. The average Bonchev–Trinajstić information content (AvgIpc) is 2.82. The molecule has 0 bridgehead atoms. The maximum Gasteiger partial charge on any atom is 0.354 e. The largest absolute Gasteiger partial charge is 0.477 e. The number of anilines is 1. The van der Waals surface area contributed by atoms with Gasteiger partial charge in [-0.1, -0.05) is 18.2 Å². The zero-order valence-corrected chi connectivity index (χ0v) is 11.5. The fourth-order valence-corrected chi connectivity index (χ4v) is 2.69. The molecule has 0 spiro atoms. The van der Waals surface area contributed by atoms with Gasteiger partial charge in [-0.25, -0.2) is 9.78 Å². The highest BCUT2D eigenvalue weighted by Crippen LogP contribution is 2.32. The van der Waals surface area contributed by atoms with E-state index in [2.05, 4.69) is 4.98 Å². The Balaban J connectivity index is 1.99. The molecular formula is C16H14N2O3. The summed E-state index contributed by atoms with van der Waals surface area (Å²) in [7, 11) is 0. The minimum atomic E-state index is -1.14. The summed E-state index contributed by atoms with van der Waals surface area (Å²) in [6.07, 6.45) is 2.15. The van der Waals surface area contributed by atoms with Gasteiger partial charge in [-0.3, -0.25) is 4.79 Å². The molecule has 5 heteroatoms. The third-order valence-corrected chi connectivity index (χ3v) is 3.65. The number of carbonyl (C=O) groups is 2. The van der Waals surface area contributed by atoms with Crippen LogP contribution in [0.3, 0.4) is 0 Å². The molecule has 21 heavy (non-hydrogen) atoms. The highest BCUT2D eigenvalue weighted by Gasteiger charge is 2.31. The SMILES string of the molecule is CC1Cc2ccccc2N1C(=O)c1ccnc(C(=O)O)c1. The van der Waals surface area contributed by atoms with Gasteiger partial charge >= 0.3 is 5.97 Å². The van der Waals surface area contributed by atoms with Crippen molar-refractivity contribution in [3.8, 4) is 0 Å². The maximum atomic E-state index is 12.7. The van der Waals surface area contributed by atoms with Crippen LogP contribution in [0.5, 0.6) is 0 Å². The number of carbonyl (C=O) groups excluding carboxylic acids is 1. The Morgan fingerprint density at radius 2 is 2.05 bits per heavy atom. The minimum absolute atomic E-state index is 0.0522. The Morgan fingerprint density at radius 1 is 1.29 bits per heavy atom. The number of hydrogen-bond donors (Lipinski definition) is 1. The van der Waals surface area contributed by atoms with Crippen LogP contribution < -0.4 is 4.90 Å². The van der Waals surface area contributed by atoms with Crippen LogP contribution in [-0.2, 0) is 6.42 Å². The zero-order chi connectivity index (χ0) is 15.0. The predicted molar refractivity (Wildman–Crippen MR) is 77.6 cm³/mol. The Morgan fingerprint density at radius 3 is 2.81 bits per heavy atom. The van der Waals surface area contributed by atoms with Gasteiger partial charge in [0.05, 0.1) is 0 Å². The van der Waals surface area contributed by atoms with Crippen LogP contribution in [-0.4, -0.2) is 28.0 Å². The van der Waals surface area contributed by atoms with Gasteiger partial charge in [0.1, 0.15) is 5.69 Å². The van der Waals surface area contributed by atoms with E-state index in [9.17, 15) is 9.59 Å². The fraction of sp³-hybridized carbons (Fsp3) is 0.188. The number of fused-ring (bicyclic) bond motifs is 1. The van der Waals surface area contributed by atoms with Crippen molar-refractivity contribution in [2.24, 2.45) is 0 Å². The third-order valence-electron chi connectivity index (χ3n) is 3.65. The molecule has 0 fully saturated rings. The van der Waals surface area contributed by atoms with Gasteiger partial charge in [-0.05, 0) is 37.1 Å². The van der Waals surface area contributed by atoms with Gasteiger partial charge in [0.25, 0.3) is 5.91 Å². The second kappa shape index (κ2) is 5.01. The van der Waals surface area contributed by atoms with E-state index >= 15 is 0 Å². The van der Waals surface area contributed by atoms with Crippen molar-refractivity contribution in [1.82, 2.24) is 4.98 Å². The summed E-state index contributed by atoms with van der Waals surface area (Å²) in [5.74, 6) is -1.34. The molecule has 2 aromatic rings. The van der Waals surface area contributed by atoms with Crippen molar-refractivity contribution >= 4 is 17.6 Å². The number of para-hydroxylation sites is 1. The summed E-state index contributed by atoms with van der Waals surface area (Å²) >= 11 is 0. The third kappa shape index (κ3) is 2.27. The molecule has 1 unspecified atom stereocenters. The number of amides is 1. The molecule has 0 saturated heterocycles. The monoisotopic (exact) mass is 282 g/mol. The van der Waals surface area contributed by atoms with E-state index in [1.165, 1.54) is 12.3 Å². The van der Waals surface area contributed by atoms with Crippen molar-refractivity contribution in [2.45, 2.75) is 19.4 Å². The summed E-state index contributed by atoms with van der Waals surface area (Å²) in [6.45, 7) is 1.98. The van der Waals surface area contributed by atoms with Crippen LogP contribution in [0, 0.1) is 0 Å². The van der Waals surface area contributed by atoms with Crippen molar-refractivity contribution < 1.29 is 14.7 Å². The van der Waals surface area contributed by atoms with Crippen molar-refractivity contribution in [2.75, 3.05) is 4.90 Å². The standard InChI is InChI=1S/C16H14N2O3/c1-10-8-11-4-2-3-5-14(11)18(10)15(19)12-6-7-17-13(9-12)16(20)21/h2-7,9-10H,8H2,1H3,(H,20,21). The molecule has 106 valence electrons.